The van der Waals surface area contributed by atoms with Gasteiger partial charge in [-0.1, -0.05) is 18.2 Å². The molecule has 0 radical (unpaired) electrons. The number of allylic oxidation sites excluding steroid dienone is 2. The monoisotopic (exact) mass is 324 g/mol. The van der Waals surface area contributed by atoms with E-state index in [2.05, 4.69) is 0 Å². The van der Waals surface area contributed by atoms with E-state index in [0.29, 0.717) is 11.1 Å². The second kappa shape index (κ2) is 6.32. The van der Waals surface area contributed by atoms with Crippen molar-refractivity contribution in [3.8, 4) is 5.75 Å². The first-order valence-electron chi connectivity index (χ1n) is 7.57. The Bertz CT molecular complexity index is 878. The minimum Gasteiger partial charge on any atom is -0.497 e. The van der Waals surface area contributed by atoms with Gasteiger partial charge in [-0.05, 0) is 70.7 Å². The molecule has 0 aromatic heterocycles. The van der Waals surface area contributed by atoms with Gasteiger partial charge < -0.3 is 9.84 Å². The molecule has 3 nitrogen and oxygen atoms in total. The number of ether oxygens (including phenoxy) is 1. The van der Waals surface area contributed by atoms with Crippen molar-refractivity contribution in [2.24, 2.45) is 0 Å². The van der Waals surface area contributed by atoms with E-state index < -0.39 is 5.97 Å². The second-order valence-electron chi connectivity index (χ2n) is 5.70. The van der Waals surface area contributed by atoms with Crippen molar-refractivity contribution in [2.45, 2.75) is 13.3 Å². The van der Waals surface area contributed by atoms with Crippen LogP contribution in [-0.2, 0) is 4.79 Å². The summed E-state index contributed by atoms with van der Waals surface area (Å²) >= 11 is 0. The molecule has 0 saturated carbocycles. The largest absolute Gasteiger partial charge is 0.497 e. The summed E-state index contributed by atoms with van der Waals surface area (Å²) in [7, 11) is 1.61. The molecule has 0 saturated heterocycles. The van der Waals surface area contributed by atoms with Crippen molar-refractivity contribution in [1.29, 1.82) is 0 Å². The van der Waals surface area contributed by atoms with E-state index in [1.54, 1.807) is 13.2 Å². The van der Waals surface area contributed by atoms with Crippen LogP contribution in [-0.4, -0.2) is 18.2 Å². The molecule has 2 aromatic carbocycles. The Hall–Kier alpha value is -2.88. The minimum atomic E-state index is -0.929. The third-order valence-electron chi connectivity index (χ3n) is 4.19. The van der Waals surface area contributed by atoms with Crippen LogP contribution in [0.15, 0.2) is 48.0 Å². The van der Waals surface area contributed by atoms with E-state index in [9.17, 15) is 9.18 Å². The summed E-state index contributed by atoms with van der Waals surface area (Å²) in [6, 6.07) is 12.1. The number of hydrogen-bond donors (Lipinski definition) is 1. The molecule has 0 unspecified atom stereocenters. The van der Waals surface area contributed by atoms with Crippen LogP contribution >= 0.6 is 0 Å². The molecular weight excluding hydrogens is 307 g/mol. The van der Waals surface area contributed by atoms with Gasteiger partial charge in [-0.2, -0.15) is 0 Å². The summed E-state index contributed by atoms with van der Waals surface area (Å²) in [6.07, 6.45) is 1.85. The normalized spacial score (nSPS) is 14.9. The quantitative estimate of drug-likeness (QED) is 0.891. The molecule has 122 valence electrons. The molecule has 2 aromatic rings. The fourth-order valence-electron chi connectivity index (χ4n) is 3.03. The van der Waals surface area contributed by atoms with Gasteiger partial charge in [0, 0.05) is 0 Å². The molecule has 0 spiro atoms. The number of benzene rings is 2. The van der Waals surface area contributed by atoms with Crippen LogP contribution in [0.3, 0.4) is 0 Å². The van der Waals surface area contributed by atoms with E-state index in [1.807, 2.05) is 37.3 Å². The van der Waals surface area contributed by atoms with E-state index in [-0.39, 0.29) is 12.2 Å². The first kappa shape index (κ1) is 16.0. The van der Waals surface area contributed by atoms with Crippen molar-refractivity contribution >= 4 is 23.2 Å². The van der Waals surface area contributed by atoms with Gasteiger partial charge in [0.15, 0.2) is 0 Å². The molecule has 1 aliphatic carbocycles. The van der Waals surface area contributed by atoms with Gasteiger partial charge in [-0.15, -0.1) is 0 Å². The second-order valence-corrected chi connectivity index (χ2v) is 5.70. The van der Waals surface area contributed by atoms with E-state index >= 15 is 0 Å². The number of halogens is 1. The fourth-order valence-corrected chi connectivity index (χ4v) is 3.03. The summed E-state index contributed by atoms with van der Waals surface area (Å²) < 4.78 is 18.9. The summed E-state index contributed by atoms with van der Waals surface area (Å²) in [5.74, 6) is -0.552. The van der Waals surface area contributed by atoms with Crippen molar-refractivity contribution in [3.63, 3.8) is 0 Å². The molecule has 0 atom stereocenters. The zero-order valence-electron chi connectivity index (χ0n) is 13.5. The van der Waals surface area contributed by atoms with Crippen LogP contribution in [0, 0.1) is 5.82 Å². The lowest BCUT2D eigenvalue weighted by Gasteiger charge is -2.05. The lowest BCUT2D eigenvalue weighted by Crippen LogP contribution is -1.97. The smallest absolute Gasteiger partial charge is 0.307 e. The van der Waals surface area contributed by atoms with Gasteiger partial charge in [-0.3, -0.25) is 4.79 Å². The molecule has 0 amide bonds. The SMILES string of the molecule is COc1cccc(/C=C2/C(C)=C(CC(=O)O)c3cc(F)ccc32)c1. The van der Waals surface area contributed by atoms with Crippen LogP contribution in [0.5, 0.6) is 5.75 Å². The van der Waals surface area contributed by atoms with Crippen molar-refractivity contribution < 1.29 is 19.0 Å². The summed E-state index contributed by atoms with van der Waals surface area (Å²) in [5, 5.41) is 9.17. The Morgan fingerprint density at radius 1 is 1.21 bits per heavy atom. The number of rotatable bonds is 4. The Morgan fingerprint density at radius 2 is 2.00 bits per heavy atom. The fraction of sp³-hybridized carbons (Fsp3) is 0.150. The van der Waals surface area contributed by atoms with Crippen molar-refractivity contribution in [3.05, 3.63) is 70.5 Å². The molecule has 3 rings (SSSR count). The number of carboxylic acid groups (broad SMARTS) is 1. The maximum absolute atomic E-state index is 13.6. The number of carbonyl (C=O) groups is 1. The van der Waals surface area contributed by atoms with Crippen LogP contribution < -0.4 is 4.74 Å². The molecular formula is C20H17FO3. The number of carboxylic acids is 1. The van der Waals surface area contributed by atoms with Gasteiger partial charge in [-0.25, -0.2) is 4.39 Å². The van der Waals surface area contributed by atoms with Gasteiger partial charge >= 0.3 is 5.97 Å². The lowest BCUT2D eigenvalue weighted by molar-refractivity contribution is -0.135. The molecule has 0 bridgehead atoms. The van der Waals surface area contributed by atoms with E-state index in [4.69, 9.17) is 9.84 Å². The molecule has 0 heterocycles. The van der Waals surface area contributed by atoms with Crippen molar-refractivity contribution in [1.82, 2.24) is 0 Å². The predicted octanol–water partition coefficient (Wildman–Crippen LogP) is 4.64. The van der Waals surface area contributed by atoms with Crippen LogP contribution in [0.4, 0.5) is 4.39 Å². The van der Waals surface area contributed by atoms with Crippen LogP contribution in [0.25, 0.3) is 17.2 Å². The van der Waals surface area contributed by atoms with E-state index in [0.717, 1.165) is 28.0 Å². The van der Waals surface area contributed by atoms with Gasteiger partial charge in [0.2, 0.25) is 0 Å². The zero-order valence-corrected chi connectivity index (χ0v) is 13.5. The zero-order chi connectivity index (χ0) is 17.3. The van der Waals surface area contributed by atoms with Gasteiger partial charge in [0.1, 0.15) is 11.6 Å². The van der Waals surface area contributed by atoms with E-state index in [1.165, 1.54) is 12.1 Å². The predicted molar refractivity (Wildman–Crippen MR) is 92.1 cm³/mol. The standard InChI is InChI=1S/C20H17FO3/c1-12-17(9-13-4-3-5-15(8-13)24-2)16-7-6-14(21)10-19(16)18(12)11-20(22)23/h3-10H,11H2,1-2H3,(H,22,23)/b17-9-. The molecule has 4 heteroatoms. The number of fused-ring (bicyclic) bond motifs is 1. The number of aliphatic carboxylic acids is 1. The first-order chi connectivity index (χ1) is 11.5. The average molecular weight is 324 g/mol. The topological polar surface area (TPSA) is 46.5 Å². The highest BCUT2D eigenvalue weighted by Gasteiger charge is 2.25. The first-order valence-corrected chi connectivity index (χ1v) is 7.57. The number of methoxy groups -OCH3 is 1. The molecule has 1 N–H and O–H groups in total. The van der Waals surface area contributed by atoms with Gasteiger partial charge in [0.05, 0.1) is 13.5 Å². The Balaban J connectivity index is 2.15. The highest BCUT2D eigenvalue weighted by molar-refractivity contribution is 6.07. The third kappa shape index (κ3) is 2.95. The highest BCUT2D eigenvalue weighted by atomic mass is 19.1. The average Bonchev–Trinajstić information content (AvgIpc) is 2.80. The Labute approximate surface area is 139 Å². The third-order valence-corrected chi connectivity index (χ3v) is 4.19. The molecule has 0 fully saturated rings. The molecule has 0 aliphatic heterocycles. The summed E-state index contributed by atoms with van der Waals surface area (Å²) in [6.45, 7) is 1.88. The Kier molecular flexibility index (Phi) is 4.21. The van der Waals surface area contributed by atoms with Crippen molar-refractivity contribution in [2.75, 3.05) is 7.11 Å². The van der Waals surface area contributed by atoms with Crippen LogP contribution in [0.1, 0.15) is 30.0 Å². The molecule has 1 aliphatic rings. The number of hydrogen-bond acceptors (Lipinski definition) is 2. The minimum absolute atomic E-state index is 0.127. The Morgan fingerprint density at radius 3 is 2.71 bits per heavy atom. The summed E-state index contributed by atoms with van der Waals surface area (Å²) in [4.78, 5) is 11.2. The maximum Gasteiger partial charge on any atom is 0.307 e. The van der Waals surface area contributed by atoms with Gasteiger partial charge in [0.25, 0.3) is 0 Å². The lowest BCUT2D eigenvalue weighted by atomic mass is 10.0. The molecule has 24 heavy (non-hydrogen) atoms. The highest BCUT2D eigenvalue weighted by Crippen LogP contribution is 2.43. The summed E-state index contributed by atoms with van der Waals surface area (Å²) in [5.41, 5.74) is 4.88. The van der Waals surface area contributed by atoms with Crippen LogP contribution in [0.2, 0.25) is 0 Å². The maximum atomic E-state index is 13.6.